The van der Waals surface area contributed by atoms with Crippen LogP contribution in [0.4, 0.5) is 0 Å². The molecule has 0 spiro atoms. The Morgan fingerprint density at radius 2 is 0.236 bits per heavy atom. The summed E-state index contributed by atoms with van der Waals surface area (Å²) in [6.45, 7) is 4.59. The van der Waals surface area contributed by atoms with E-state index in [0.717, 1.165) is 26.2 Å². The van der Waals surface area contributed by atoms with Gasteiger partial charge in [0, 0.05) is 243 Å². The Balaban J connectivity index is -0.0000000101. The summed E-state index contributed by atoms with van der Waals surface area (Å²) in [4.78, 5) is 0. The summed E-state index contributed by atoms with van der Waals surface area (Å²) in [6.07, 6.45) is 30.3. The number of rotatable bonds is 16. The van der Waals surface area contributed by atoms with Crippen LogP contribution in [0.25, 0.3) is 0 Å². The van der Waals surface area contributed by atoms with Crippen LogP contribution >= 0.6 is 0 Å². The molecule has 0 amide bonds. The first-order chi connectivity index (χ1) is 18.9. The van der Waals surface area contributed by atoms with Crippen LogP contribution in [0.2, 0.25) is 0 Å². The first-order valence-electron chi connectivity index (χ1n) is 14.7. The van der Waals surface area contributed by atoms with E-state index in [1.54, 1.807) is 0 Å². The standard InChI is InChI=1S/2C17H24N2.8Mo.26O/c2*1(2-6-12-18-14-8-4-9-15-18)3-7-13-19-16-10-5-11-17-19;;;;;;;;;;;;;;;;;;;;;;;;;;;;;;;;;;/h2*4-5,8-11,14-17H,1-3,6-7,12-13H2;;;;;;;;;;;;;;;;;;;;;;;;;;;;;;;;;;/q2*+2;;;;;;;;;26*-2. The molecule has 0 fully saturated rings. The zero-order chi connectivity index (χ0) is 26.4. The van der Waals surface area contributed by atoms with Crippen LogP contribution < -0.4 is 18.3 Å². The summed E-state index contributed by atoms with van der Waals surface area (Å²) >= 11 is 0. The summed E-state index contributed by atoms with van der Waals surface area (Å²) in [5.74, 6) is 0. The average Bonchev–Trinajstić information content (AvgIpc) is 2.99. The Morgan fingerprint density at radius 1 is 0.139 bits per heavy atom. The van der Waals surface area contributed by atoms with E-state index in [4.69, 9.17) is 0 Å². The van der Waals surface area contributed by atoms with Crippen LogP contribution in [0.3, 0.4) is 0 Å². The van der Waals surface area contributed by atoms with E-state index < -0.39 is 0 Å². The maximum Gasteiger partial charge on any atom is 0.168 e. The summed E-state index contributed by atoms with van der Waals surface area (Å²) in [5, 5.41) is 0. The Kier molecular flexibility index (Phi) is 513. The second-order valence-electron chi connectivity index (χ2n) is 9.99. The number of hydrogen-bond acceptors (Lipinski definition) is 0. The van der Waals surface area contributed by atoms with Gasteiger partial charge in [-0.05, 0) is 25.7 Å². The zero-order valence-electron chi connectivity index (χ0n) is 37.1. The van der Waals surface area contributed by atoms with Gasteiger partial charge < -0.3 is 142 Å². The minimum atomic E-state index is 0. The molecule has 4 aromatic rings. The van der Waals surface area contributed by atoms with Crippen LogP contribution in [0.1, 0.15) is 64.2 Å². The molecular formula is C34H48Mo8N4O26-48. The second-order valence-corrected chi connectivity index (χ2v) is 9.99. The van der Waals surface area contributed by atoms with Crippen LogP contribution in [0.5, 0.6) is 0 Å². The molecule has 456 valence electrons. The quantitative estimate of drug-likeness (QED) is 0.0888. The molecule has 72 heavy (non-hydrogen) atoms. The molecule has 0 aliphatic rings. The second kappa shape index (κ2) is 164. The smallest absolute Gasteiger partial charge is 0.168 e. The largest absolute Gasteiger partial charge is 2.00 e. The molecule has 0 saturated carbocycles. The van der Waals surface area contributed by atoms with E-state index in [9.17, 15) is 0 Å². The predicted octanol–water partition coefficient (Wildman–Crippen LogP) is 2.72. The minimum Gasteiger partial charge on any atom is -2.00 e. The van der Waals surface area contributed by atoms with Crippen molar-refractivity contribution in [1.29, 1.82) is 0 Å². The average molecular weight is 1700 g/mol. The van der Waals surface area contributed by atoms with Gasteiger partial charge in [0.2, 0.25) is 0 Å². The first-order valence-corrected chi connectivity index (χ1v) is 14.7. The molecule has 30 nitrogen and oxygen atoms in total. The first kappa shape index (κ1) is 225. The van der Waals surface area contributed by atoms with Gasteiger partial charge in [-0.3, -0.25) is 0 Å². The van der Waals surface area contributed by atoms with Crippen molar-refractivity contribution in [2.75, 3.05) is 0 Å². The van der Waals surface area contributed by atoms with Crippen molar-refractivity contribution in [3.63, 3.8) is 0 Å². The Bertz CT molecular complexity index is 979. The van der Waals surface area contributed by atoms with E-state index in [-0.39, 0.29) is 311 Å². The fourth-order valence-electron chi connectivity index (χ4n) is 4.57. The Labute approximate surface area is 536 Å². The van der Waals surface area contributed by atoms with Crippen molar-refractivity contribution in [2.45, 2.75) is 90.4 Å². The third-order valence-corrected chi connectivity index (χ3v) is 6.77. The maximum absolute atomic E-state index is 2.26. The molecule has 38 heteroatoms. The van der Waals surface area contributed by atoms with E-state index in [0.29, 0.717) is 0 Å². The molecule has 0 unspecified atom stereocenters. The molecule has 0 aliphatic heterocycles. The molecule has 4 aromatic heterocycles. The molecule has 4 rings (SSSR count). The van der Waals surface area contributed by atoms with Crippen LogP contribution in [-0.4, -0.2) is 0 Å². The fraction of sp³-hybridized carbons (Fsp3) is 0.412. The molecule has 0 atom stereocenters. The van der Waals surface area contributed by atoms with Gasteiger partial charge >= 0.3 is 0 Å². The van der Waals surface area contributed by atoms with Gasteiger partial charge in [0.1, 0.15) is 26.2 Å². The SMILES string of the molecule is [Mo].[Mo].[Mo].[Mo].[Mo].[Mo].[Mo].[Mo].[O-2].[O-2].[O-2].[O-2].[O-2].[O-2].[O-2].[O-2].[O-2].[O-2].[O-2].[O-2].[O-2].[O-2].[O-2].[O-2].[O-2].[O-2].[O-2].[O-2].[O-2].[O-2].[O-2].[O-2].[O-2].[O-2].c1cc[n+](CCCCCCC[n+]2ccccc2)cc1.c1cc[n+](CCCCCCC[n+]2ccccc2)cc1. The van der Waals surface area contributed by atoms with Crippen molar-refractivity contribution < 1.29 is 329 Å². The van der Waals surface area contributed by atoms with E-state index >= 15 is 0 Å². The van der Waals surface area contributed by atoms with Gasteiger partial charge in [0.05, 0.1) is 0 Å². The molecule has 0 saturated heterocycles. The minimum absolute atomic E-state index is 0. The van der Waals surface area contributed by atoms with Crippen LogP contribution in [0.15, 0.2) is 122 Å². The molecule has 0 radical (unpaired) electrons. The van der Waals surface area contributed by atoms with E-state index in [1.807, 2.05) is 0 Å². The summed E-state index contributed by atoms with van der Waals surface area (Å²) in [5.41, 5.74) is 0. The van der Waals surface area contributed by atoms with Gasteiger partial charge in [-0.15, -0.1) is 0 Å². The predicted molar refractivity (Wildman–Crippen MR) is 171 cm³/mol. The Hall–Kier alpha value is 1.07. The van der Waals surface area contributed by atoms with Gasteiger partial charge in [-0.2, -0.15) is 0 Å². The van der Waals surface area contributed by atoms with E-state index in [1.165, 1.54) is 64.2 Å². The molecule has 0 N–H and O–H groups in total. The van der Waals surface area contributed by atoms with Crippen LogP contribution in [0, 0.1) is 0 Å². The summed E-state index contributed by atoms with van der Waals surface area (Å²) < 4.78 is 9.05. The number of hydrogen-bond donors (Lipinski definition) is 0. The molecule has 4 heterocycles. The fourth-order valence-corrected chi connectivity index (χ4v) is 4.57. The number of unbranched alkanes of at least 4 members (excludes halogenated alkanes) is 8. The van der Waals surface area contributed by atoms with Gasteiger partial charge in [-0.1, -0.05) is 37.1 Å². The number of nitrogens with zero attached hydrogens (tertiary/aromatic N) is 4. The third-order valence-electron chi connectivity index (χ3n) is 6.77. The van der Waals surface area contributed by atoms with Crippen molar-refractivity contribution >= 4 is 0 Å². The molecule has 0 aliphatic carbocycles. The molecule has 0 aromatic carbocycles. The van der Waals surface area contributed by atoms with Crippen molar-refractivity contribution in [3.05, 3.63) is 122 Å². The van der Waals surface area contributed by atoms with Crippen LogP contribution in [-0.2, 0) is 337 Å². The normalized spacial score (nSPS) is 5.56. The molecule has 0 bridgehead atoms. The topological polar surface area (TPSA) is 757 Å². The van der Waals surface area contributed by atoms with Crippen molar-refractivity contribution in [2.24, 2.45) is 0 Å². The maximum atomic E-state index is 2.26. The number of pyridine rings is 4. The third kappa shape index (κ3) is 124. The molecular weight excluding hydrogens is 1650 g/mol. The Morgan fingerprint density at radius 3 is 0.347 bits per heavy atom. The summed E-state index contributed by atoms with van der Waals surface area (Å²) in [7, 11) is 0. The van der Waals surface area contributed by atoms with Crippen molar-refractivity contribution in [1.82, 2.24) is 0 Å². The monoisotopic (exact) mass is 1710 g/mol. The number of aromatic nitrogens is 4. The van der Waals surface area contributed by atoms with Crippen molar-refractivity contribution in [3.8, 4) is 0 Å². The number of aryl methyl sites for hydroxylation is 4. The summed E-state index contributed by atoms with van der Waals surface area (Å²) in [6, 6.07) is 25.0. The van der Waals surface area contributed by atoms with E-state index in [2.05, 4.69) is 141 Å². The van der Waals surface area contributed by atoms with Gasteiger partial charge in [0.25, 0.3) is 0 Å². The zero-order valence-corrected chi connectivity index (χ0v) is 53.2. The van der Waals surface area contributed by atoms with Gasteiger partial charge in [0.15, 0.2) is 49.6 Å². The van der Waals surface area contributed by atoms with Gasteiger partial charge in [-0.25, -0.2) is 18.3 Å².